The van der Waals surface area contributed by atoms with E-state index in [1.807, 2.05) is 36.4 Å². The van der Waals surface area contributed by atoms with Crippen molar-refractivity contribution in [1.82, 2.24) is 4.90 Å². The van der Waals surface area contributed by atoms with Gasteiger partial charge in [-0.05, 0) is 24.6 Å². The molecule has 1 aliphatic heterocycles. The third-order valence-corrected chi connectivity index (χ3v) is 4.42. The quantitative estimate of drug-likeness (QED) is 0.904. The maximum atomic E-state index is 11.3. The van der Waals surface area contributed by atoms with E-state index in [9.17, 15) is 5.11 Å². The molecule has 104 valence electrons. The van der Waals surface area contributed by atoms with Crippen LogP contribution in [0.15, 0.2) is 60.7 Å². The molecule has 0 aliphatic carbocycles. The standard InChI is InChI=1S/C18H21NO/c1-19-13-12-18(20,16-10-6-3-7-11-16)17(14-19)15-8-4-2-5-9-15/h2-11,17,20H,12-14H2,1H3. The lowest BCUT2D eigenvalue weighted by Crippen LogP contribution is -2.47. The van der Waals surface area contributed by atoms with Crippen molar-refractivity contribution in [2.24, 2.45) is 0 Å². The molecule has 2 aromatic rings. The number of hydrogen-bond donors (Lipinski definition) is 1. The lowest BCUT2D eigenvalue weighted by atomic mass is 9.73. The second-order valence-corrected chi connectivity index (χ2v) is 5.77. The number of benzene rings is 2. The highest BCUT2D eigenvalue weighted by atomic mass is 16.3. The lowest BCUT2D eigenvalue weighted by Gasteiger charge is -2.44. The van der Waals surface area contributed by atoms with Crippen molar-refractivity contribution in [2.45, 2.75) is 17.9 Å². The molecule has 0 saturated carbocycles. The first-order valence-corrected chi connectivity index (χ1v) is 7.21. The normalized spacial score (nSPS) is 27.4. The van der Waals surface area contributed by atoms with Crippen molar-refractivity contribution in [3.8, 4) is 0 Å². The van der Waals surface area contributed by atoms with Crippen molar-refractivity contribution in [3.63, 3.8) is 0 Å². The van der Waals surface area contributed by atoms with Crippen LogP contribution in [-0.2, 0) is 5.60 Å². The van der Waals surface area contributed by atoms with Gasteiger partial charge >= 0.3 is 0 Å². The maximum Gasteiger partial charge on any atom is 0.0989 e. The molecular formula is C18H21NO. The second-order valence-electron chi connectivity index (χ2n) is 5.77. The summed E-state index contributed by atoms with van der Waals surface area (Å²) in [5.74, 6) is 0.116. The zero-order valence-electron chi connectivity index (χ0n) is 11.9. The first kappa shape index (κ1) is 13.3. The van der Waals surface area contributed by atoms with E-state index in [1.54, 1.807) is 0 Å². The van der Waals surface area contributed by atoms with Gasteiger partial charge in [0, 0.05) is 19.0 Å². The lowest BCUT2D eigenvalue weighted by molar-refractivity contribution is -0.0418. The Hall–Kier alpha value is -1.64. The molecule has 2 aromatic carbocycles. The van der Waals surface area contributed by atoms with Gasteiger partial charge in [-0.1, -0.05) is 60.7 Å². The van der Waals surface area contributed by atoms with E-state index in [-0.39, 0.29) is 5.92 Å². The average molecular weight is 267 g/mol. The summed E-state index contributed by atoms with van der Waals surface area (Å²) < 4.78 is 0. The molecule has 0 bridgehead atoms. The van der Waals surface area contributed by atoms with Crippen LogP contribution >= 0.6 is 0 Å². The van der Waals surface area contributed by atoms with Crippen molar-refractivity contribution in [3.05, 3.63) is 71.8 Å². The van der Waals surface area contributed by atoms with Crippen LogP contribution in [0.1, 0.15) is 23.5 Å². The molecule has 0 aromatic heterocycles. The predicted octanol–water partition coefficient (Wildman–Crippen LogP) is 2.99. The van der Waals surface area contributed by atoms with Crippen LogP contribution in [0.3, 0.4) is 0 Å². The number of hydrogen-bond acceptors (Lipinski definition) is 2. The smallest absolute Gasteiger partial charge is 0.0989 e. The molecule has 0 radical (unpaired) electrons. The van der Waals surface area contributed by atoms with Crippen molar-refractivity contribution in [2.75, 3.05) is 20.1 Å². The molecular weight excluding hydrogens is 246 g/mol. The Kier molecular flexibility index (Phi) is 3.60. The van der Waals surface area contributed by atoms with Gasteiger partial charge in [0.1, 0.15) is 0 Å². The Morgan fingerprint density at radius 1 is 1.00 bits per heavy atom. The zero-order valence-corrected chi connectivity index (χ0v) is 11.9. The highest BCUT2D eigenvalue weighted by molar-refractivity contribution is 5.32. The Labute approximate surface area is 120 Å². The maximum absolute atomic E-state index is 11.3. The van der Waals surface area contributed by atoms with Gasteiger partial charge in [-0.15, -0.1) is 0 Å². The summed E-state index contributed by atoms with van der Waals surface area (Å²) in [7, 11) is 2.13. The highest BCUT2D eigenvalue weighted by Gasteiger charge is 2.42. The fourth-order valence-electron chi connectivity index (χ4n) is 3.23. The van der Waals surface area contributed by atoms with Crippen LogP contribution in [0.2, 0.25) is 0 Å². The number of likely N-dealkylation sites (N-methyl/N-ethyl adjacent to an activating group) is 1. The molecule has 1 saturated heterocycles. The van der Waals surface area contributed by atoms with Gasteiger partial charge in [-0.3, -0.25) is 0 Å². The number of piperidine rings is 1. The summed E-state index contributed by atoms with van der Waals surface area (Å²) in [6, 6.07) is 20.5. The molecule has 0 spiro atoms. The Morgan fingerprint density at radius 3 is 2.25 bits per heavy atom. The predicted molar refractivity (Wildman–Crippen MR) is 81.6 cm³/mol. The summed E-state index contributed by atoms with van der Waals surface area (Å²) in [6.45, 7) is 1.81. The van der Waals surface area contributed by atoms with E-state index in [0.717, 1.165) is 25.1 Å². The zero-order chi connectivity index (χ0) is 14.0. The molecule has 1 N–H and O–H groups in total. The van der Waals surface area contributed by atoms with Crippen LogP contribution in [0.4, 0.5) is 0 Å². The molecule has 0 amide bonds. The Balaban J connectivity index is 2.03. The van der Waals surface area contributed by atoms with Crippen LogP contribution in [0.5, 0.6) is 0 Å². The topological polar surface area (TPSA) is 23.5 Å². The third kappa shape index (κ3) is 2.37. The van der Waals surface area contributed by atoms with Crippen molar-refractivity contribution in [1.29, 1.82) is 0 Å². The summed E-state index contributed by atoms with van der Waals surface area (Å²) in [5, 5.41) is 11.3. The van der Waals surface area contributed by atoms with Crippen molar-refractivity contribution >= 4 is 0 Å². The summed E-state index contributed by atoms with van der Waals surface area (Å²) >= 11 is 0. The number of rotatable bonds is 2. The first-order valence-electron chi connectivity index (χ1n) is 7.21. The first-order chi connectivity index (χ1) is 9.70. The van der Waals surface area contributed by atoms with Gasteiger partial charge in [0.2, 0.25) is 0 Å². The largest absolute Gasteiger partial charge is 0.384 e. The van der Waals surface area contributed by atoms with Crippen LogP contribution in [-0.4, -0.2) is 30.1 Å². The van der Waals surface area contributed by atoms with Crippen LogP contribution < -0.4 is 0 Å². The number of nitrogens with zero attached hydrogens (tertiary/aromatic N) is 1. The van der Waals surface area contributed by atoms with Crippen molar-refractivity contribution < 1.29 is 5.11 Å². The molecule has 1 fully saturated rings. The van der Waals surface area contributed by atoms with E-state index in [0.29, 0.717) is 0 Å². The van der Waals surface area contributed by atoms with E-state index in [2.05, 4.69) is 36.2 Å². The minimum atomic E-state index is -0.769. The Bertz CT molecular complexity index is 554. The van der Waals surface area contributed by atoms with E-state index in [1.165, 1.54) is 5.56 Å². The number of likely N-dealkylation sites (tertiary alicyclic amines) is 1. The highest BCUT2D eigenvalue weighted by Crippen LogP contribution is 2.42. The average Bonchev–Trinajstić information content (AvgIpc) is 2.51. The van der Waals surface area contributed by atoms with E-state index < -0.39 is 5.60 Å². The molecule has 2 unspecified atom stereocenters. The number of aliphatic hydroxyl groups is 1. The van der Waals surface area contributed by atoms with E-state index >= 15 is 0 Å². The van der Waals surface area contributed by atoms with Gasteiger partial charge in [-0.25, -0.2) is 0 Å². The molecule has 2 atom stereocenters. The molecule has 2 nitrogen and oxygen atoms in total. The van der Waals surface area contributed by atoms with Crippen LogP contribution in [0, 0.1) is 0 Å². The Morgan fingerprint density at radius 2 is 1.60 bits per heavy atom. The SMILES string of the molecule is CN1CCC(O)(c2ccccc2)C(c2ccccc2)C1. The van der Waals surface area contributed by atoms with Gasteiger partial charge in [0.15, 0.2) is 0 Å². The van der Waals surface area contributed by atoms with Gasteiger partial charge in [-0.2, -0.15) is 0 Å². The molecule has 1 heterocycles. The summed E-state index contributed by atoms with van der Waals surface area (Å²) in [5.41, 5.74) is 1.47. The van der Waals surface area contributed by atoms with Gasteiger partial charge in [0.25, 0.3) is 0 Å². The second kappa shape index (κ2) is 5.39. The minimum Gasteiger partial charge on any atom is -0.384 e. The third-order valence-electron chi connectivity index (χ3n) is 4.42. The van der Waals surface area contributed by atoms with Gasteiger partial charge < -0.3 is 10.0 Å². The fourth-order valence-corrected chi connectivity index (χ4v) is 3.23. The molecule has 2 heteroatoms. The van der Waals surface area contributed by atoms with Gasteiger partial charge in [0.05, 0.1) is 5.60 Å². The molecule has 1 aliphatic rings. The minimum absolute atomic E-state index is 0.116. The molecule has 20 heavy (non-hydrogen) atoms. The monoisotopic (exact) mass is 267 g/mol. The summed E-state index contributed by atoms with van der Waals surface area (Å²) in [6.07, 6.45) is 0.771. The summed E-state index contributed by atoms with van der Waals surface area (Å²) in [4.78, 5) is 2.30. The van der Waals surface area contributed by atoms with E-state index in [4.69, 9.17) is 0 Å². The molecule has 3 rings (SSSR count). The fraction of sp³-hybridized carbons (Fsp3) is 0.333. The van der Waals surface area contributed by atoms with Crippen LogP contribution in [0.25, 0.3) is 0 Å².